The maximum Gasteiger partial charge on any atom is 0.225 e. The van der Waals surface area contributed by atoms with Crippen molar-refractivity contribution in [3.63, 3.8) is 0 Å². The smallest absolute Gasteiger partial charge is 0.225 e. The van der Waals surface area contributed by atoms with Gasteiger partial charge >= 0.3 is 0 Å². The van der Waals surface area contributed by atoms with Gasteiger partial charge in [0.15, 0.2) is 5.75 Å². The fourth-order valence-electron chi connectivity index (χ4n) is 2.54. The highest BCUT2D eigenvalue weighted by atomic mass is 16.5. The molecule has 116 valence electrons. The number of anilines is 2. The van der Waals surface area contributed by atoms with E-state index < -0.39 is 0 Å². The van der Waals surface area contributed by atoms with E-state index in [4.69, 9.17) is 4.74 Å². The number of nitrogens with zero attached hydrogens (tertiary/aromatic N) is 6. The molecule has 2 aromatic rings. The quantitative estimate of drug-likeness (QED) is 0.844. The summed E-state index contributed by atoms with van der Waals surface area (Å²) in [5, 5.41) is 0. The number of methoxy groups -OCH3 is 1. The Morgan fingerprint density at radius 2 is 1.55 bits per heavy atom. The van der Waals surface area contributed by atoms with E-state index in [1.807, 2.05) is 6.92 Å². The van der Waals surface area contributed by atoms with Gasteiger partial charge in [-0.05, 0) is 13.8 Å². The van der Waals surface area contributed by atoms with Gasteiger partial charge < -0.3 is 14.5 Å². The SMILES string of the molecule is COc1cnc(N2CCN(c3ncnc(C)c3C)CC2)nc1. The third kappa shape index (κ3) is 2.79. The second-order valence-electron chi connectivity index (χ2n) is 5.30. The largest absolute Gasteiger partial charge is 0.494 e. The maximum absolute atomic E-state index is 5.09. The number of piperazine rings is 1. The van der Waals surface area contributed by atoms with Gasteiger partial charge in [0.25, 0.3) is 0 Å². The van der Waals surface area contributed by atoms with E-state index in [9.17, 15) is 0 Å². The lowest BCUT2D eigenvalue weighted by atomic mass is 10.2. The molecule has 0 unspecified atom stereocenters. The molecule has 7 heteroatoms. The maximum atomic E-state index is 5.09. The van der Waals surface area contributed by atoms with Crippen LogP contribution in [0.25, 0.3) is 0 Å². The molecule has 0 radical (unpaired) electrons. The number of aryl methyl sites for hydroxylation is 1. The monoisotopic (exact) mass is 300 g/mol. The summed E-state index contributed by atoms with van der Waals surface area (Å²) in [5.41, 5.74) is 2.18. The van der Waals surface area contributed by atoms with E-state index in [2.05, 4.69) is 36.7 Å². The Kier molecular flexibility index (Phi) is 4.04. The van der Waals surface area contributed by atoms with Gasteiger partial charge in [-0.1, -0.05) is 0 Å². The Morgan fingerprint density at radius 1 is 0.909 bits per heavy atom. The number of rotatable bonds is 3. The molecule has 22 heavy (non-hydrogen) atoms. The van der Waals surface area contributed by atoms with Crippen LogP contribution in [0.1, 0.15) is 11.3 Å². The standard InChI is InChI=1S/C15H20N6O/c1-11-12(2)18-10-19-14(11)20-4-6-21(7-5-20)15-16-8-13(22-3)9-17-15/h8-10H,4-7H2,1-3H3. The third-order valence-corrected chi connectivity index (χ3v) is 4.02. The van der Waals surface area contributed by atoms with Crippen molar-refractivity contribution in [3.8, 4) is 5.75 Å². The average molecular weight is 300 g/mol. The summed E-state index contributed by atoms with van der Waals surface area (Å²) in [5.74, 6) is 2.45. The van der Waals surface area contributed by atoms with Gasteiger partial charge in [0, 0.05) is 37.4 Å². The molecule has 7 nitrogen and oxygen atoms in total. The lowest BCUT2D eigenvalue weighted by molar-refractivity contribution is 0.410. The Labute approximate surface area is 130 Å². The van der Waals surface area contributed by atoms with Crippen molar-refractivity contribution < 1.29 is 4.74 Å². The molecule has 1 aliphatic rings. The zero-order valence-corrected chi connectivity index (χ0v) is 13.2. The minimum Gasteiger partial charge on any atom is -0.494 e. The fraction of sp³-hybridized carbons (Fsp3) is 0.467. The van der Waals surface area contributed by atoms with E-state index in [-0.39, 0.29) is 0 Å². The summed E-state index contributed by atoms with van der Waals surface area (Å²) in [4.78, 5) is 21.8. The summed E-state index contributed by atoms with van der Waals surface area (Å²) >= 11 is 0. The Balaban J connectivity index is 1.68. The van der Waals surface area contributed by atoms with Crippen molar-refractivity contribution in [2.45, 2.75) is 13.8 Å². The first-order valence-electron chi connectivity index (χ1n) is 7.33. The number of hydrogen-bond acceptors (Lipinski definition) is 7. The lowest BCUT2D eigenvalue weighted by Crippen LogP contribution is -2.47. The number of aromatic nitrogens is 4. The minimum atomic E-state index is 0.675. The molecular formula is C15H20N6O. The molecule has 0 atom stereocenters. The summed E-state index contributed by atoms with van der Waals surface area (Å²) in [6.45, 7) is 7.62. The zero-order valence-electron chi connectivity index (χ0n) is 13.2. The van der Waals surface area contributed by atoms with Crippen LogP contribution in [-0.2, 0) is 0 Å². The van der Waals surface area contributed by atoms with Crippen LogP contribution >= 0.6 is 0 Å². The van der Waals surface area contributed by atoms with E-state index >= 15 is 0 Å². The van der Waals surface area contributed by atoms with E-state index in [0.717, 1.165) is 49.2 Å². The van der Waals surface area contributed by atoms with Crippen molar-refractivity contribution >= 4 is 11.8 Å². The van der Waals surface area contributed by atoms with Crippen LogP contribution in [0.2, 0.25) is 0 Å². The number of hydrogen-bond donors (Lipinski definition) is 0. The first-order chi connectivity index (χ1) is 10.7. The van der Waals surface area contributed by atoms with Crippen LogP contribution in [0.4, 0.5) is 11.8 Å². The molecule has 3 heterocycles. The van der Waals surface area contributed by atoms with Gasteiger partial charge in [0.2, 0.25) is 5.95 Å². The van der Waals surface area contributed by atoms with Crippen LogP contribution in [0.15, 0.2) is 18.7 Å². The highest BCUT2D eigenvalue weighted by Crippen LogP contribution is 2.21. The van der Waals surface area contributed by atoms with Crippen LogP contribution in [-0.4, -0.2) is 53.2 Å². The van der Waals surface area contributed by atoms with Gasteiger partial charge in [-0.3, -0.25) is 0 Å². The predicted molar refractivity (Wildman–Crippen MR) is 84.5 cm³/mol. The highest BCUT2D eigenvalue weighted by Gasteiger charge is 2.21. The minimum absolute atomic E-state index is 0.675. The van der Waals surface area contributed by atoms with Crippen LogP contribution in [0.5, 0.6) is 5.75 Å². The molecular weight excluding hydrogens is 280 g/mol. The summed E-state index contributed by atoms with van der Waals surface area (Å²) in [6, 6.07) is 0. The molecule has 0 aromatic carbocycles. The van der Waals surface area contributed by atoms with E-state index in [1.54, 1.807) is 25.8 Å². The van der Waals surface area contributed by atoms with E-state index in [1.165, 1.54) is 0 Å². The second kappa shape index (κ2) is 6.13. The van der Waals surface area contributed by atoms with Crippen molar-refractivity contribution in [3.05, 3.63) is 30.0 Å². The normalized spacial score (nSPS) is 15.0. The number of ether oxygens (including phenoxy) is 1. The van der Waals surface area contributed by atoms with Crippen molar-refractivity contribution in [2.75, 3.05) is 43.1 Å². The van der Waals surface area contributed by atoms with Gasteiger partial charge in [0.05, 0.1) is 19.5 Å². The fourth-order valence-corrected chi connectivity index (χ4v) is 2.54. The summed E-state index contributed by atoms with van der Waals surface area (Å²) in [7, 11) is 1.61. The molecule has 3 rings (SSSR count). The Morgan fingerprint density at radius 3 is 2.18 bits per heavy atom. The van der Waals surface area contributed by atoms with Gasteiger partial charge in [-0.25, -0.2) is 19.9 Å². The molecule has 0 aliphatic carbocycles. The first-order valence-corrected chi connectivity index (χ1v) is 7.33. The van der Waals surface area contributed by atoms with Crippen molar-refractivity contribution in [2.24, 2.45) is 0 Å². The van der Waals surface area contributed by atoms with Gasteiger partial charge in [0.1, 0.15) is 12.1 Å². The Hall–Kier alpha value is -2.44. The molecule has 1 aliphatic heterocycles. The third-order valence-electron chi connectivity index (χ3n) is 4.02. The van der Waals surface area contributed by atoms with Crippen LogP contribution < -0.4 is 14.5 Å². The molecule has 1 fully saturated rings. The molecule has 2 aromatic heterocycles. The summed E-state index contributed by atoms with van der Waals surface area (Å²) < 4.78 is 5.09. The Bertz CT molecular complexity index is 637. The first kappa shape index (κ1) is 14.5. The zero-order chi connectivity index (χ0) is 15.5. The molecule has 0 N–H and O–H groups in total. The second-order valence-corrected chi connectivity index (χ2v) is 5.30. The van der Waals surface area contributed by atoms with Crippen molar-refractivity contribution in [1.29, 1.82) is 0 Å². The predicted octanol–water partition coefficient (Wildman–Crippen LogP) is 1.22. The molecule has 0 spiro atoms. The lowest BCUT2D eigenvalue weighted by Gasteiger charge is -2.36. The molecule has 0 bridgehead atoms. The average Bonchev–Trinajstić information content (AvgIpc) is 2.58. The molecule has 1 saturated heterocycles. The molecule has 0 amide bonds. The topological polar surface area (TPSA) is 67.3 Å². The molecule has 0 saturated carbocycles. The van der Waals surface area contributed by atoms with Crippen molar-refractivity contribution in [1.82, 2.24) is 19.9 Å². The van der Waals surface area contributed by atoms with Gasteiger partial charge in [-0.15, -0.1) is 0 Å². The van der Waals surface area contributed by atoms with E-state index in [0.29, 0.717) is 5.75 Å². The summed E-state index contributed by atoms with van der Waals surface area (Å²) in [6.07, 6.45) is 5.04. The van der Waals surface area contributed by atoms with Crippen LogP contribution in [0.3, 0.4) is 0 Å². The highest BCUT2D eigenvalue weighted by molar-refractivity contribution is 5.49. The van der Waals surface area contributed by atoms with Crippen LogP contribution in [0, 0.1) is 13.8 Å². The van der Waals surface area contributed by atoms with Gasteiger partial charge in [-0.2, -0.15) is 0 Å².